The Bertz CT molecular complexity index is 340. The van der Waals surface area contributed by atoms with Crippen molar-refractivity contribution in [1.82, 2.24) is 4.98 Å². The van der Waals surface area contributed by atoms with E-state index in [1.165, 1.54) is 0 Å². The van der Waals surface area contributed by atoms with Gasteiger partial charge in [-0.2, -0.15) is 0 Å². The summed E-state index contributed by atoms with van der Waals surface area (Å²) in [7, 11) is 0. The van der Waals surface area contributed by atoms with Crippen LogP contribution in [0.1, 0.15) is 37.3 Å². The molecule has 1 atom stereocenters. The molecule has 1 saturated carbocycles. The molecular weight excluding hydrogens is 204 g/mol. The van der Waals surface area contributed by atoms with E-state index in [1.54, 1.807) is 0 Å². The number of rotatable bonds is 3. The van der Waals surface area contributed by atoms with Crippen LogP contribution in [0.5, 0.6) is 0 Å². The lowest BCUT2D eigenvalue weighted by molar-refractivity contribution is -0.143. The number of carbonyl (C=O) groups is 1. The Kier molecular flexibility index (Phi) is 3.29. The molecule has 1 unspecified atom stereocenters. The third-order valence-corrected chi connectivity index (χ3v) is 3.64. The average molecular weight is 222 g/mol. The first-order valence-corrected chi connectivity index (χ1v) is 5.79. The summed E-state index contributed by atoms with van der Waals surface area (Å²) in [6.45, 7) is 0. The van der Waals surface area contributed by atoms with Crippen LogP contribution in [-0.4, -0.2) is 16.1 Å². The van der Waals surface area contributed by atoms with Crippen LogP contribution < -0.4 is 5.73 Å². The minimum Gasteiger partial charge on any atom is -0.481 e. The summed E-state index contributed by atoms with van der Waals surface area (Å²) in [5, 5.41) is 8.91. The fourth-order valence-corrected chi connectivity index (χ4v) is 2.54. The first kappa shape index (κ1) is 11.2. The van der Waals surface area contributed by atoms with Crippen LogP contribution in [0.3, 0.4) is 0 Å². The Balaban J connectivity index is 1.92. The maximum atomic E-state index is 10.8. The predicted molar refractivity (Wildman–Crippen MR) is 60.8 cm³/mol. The molecule has 1 heterocycles. The van der Waals surface area contributed by atoms with Gasteiger partial charge >= 0.3 is 5.97 Å². The molecule has 4 heteroatoms. The van der Waals surface area contributed by atoms with Gasteiger partial charge in [0.1, 0.15) is 0 Å². The molecule has 0 bridgehead atoms. The van der Waals surface area contributed by atoms with E-state index in [0.717, 1.165) is 31.2 Å². The van der Waals surface area contributed by atoms with E-state index in [1.807, 2.05) is 18.5 Å². The van der Waals surface area contributed by atoms with Crippen molar-refractivity contribution in [3.63, 3.8) is 0 Å². The Morgan fingerprint density at radius 2 is 2.12 bits per heavy atom. The molecule has 4 N–H and O–H groups in total. The van der Waals surface area contributed by atoms with E-state index in [9.17, 15) is 4.79 Å². The molecule has 88 valence electrons. The highest BCUT2D eigenvalue weighted by Crippen LogP contribution is 2.35. The van der Waals surface area contributed by atoms with Crippen molar-refractivity contribution in [3.8, 4) is 0 Å². The number of aliphatic carboxylic acids is 1. The summed E-state index contributed by atoms with van der Waals surface area (Å²) < 4.78 is 0. The summed E-state index contributed by atoms with van der Waals surface area (Å²) in [5.74, 6) is -0.394. The van der Waals surface area contributed by atoms with Crippen LogP contribution in [0.25, 0.3) is 0 Å². The number of hydrogen-bond acceptors (Lipinski definition) is 2. The van der Waals surface area contributed by atoms with Crippen molar-refractivity contribution in [2.45, 2.75) is 31.7 Å². The Labute approximate surface area is 94.8 Å². The summed E-state index contributed by atoms with van der Waals surface area (Å²) in [4.78, 5) is 13.8. The molecule has 1 aromatic rings. The standard InChI is InChI=1S/C12H18N2O2/c13-11(10-5-6-14-7-10)8-1-3-9(4-2-8)12(15)16/h5-9,11,14H,1-4,13H2,(H,15,16). The summed E-state index contributed by atoms with van der Waals surface area (Å²) in [5.41, 5.74) is 7.29. The lowest BCUT2D eigenvalue weighted by Gasteiger charge is -2.30. The zero-order valence-electron chi connectivity index (χ0n) is 9.23. The minimum absolute atomic E-state index is 0.0426. The lowest BCUT2D eigenvalue weighted by atomic mass is 9.77. The zero-order valence-corrected chi connectivity index (χ0v) is 9.23. The molecule has 0 saturated heterocycles. The molecule has 0 amide bonds. The number of H-pyrrole nitrogens is 1. The maximum Gasteiger partial charge on any atom is 0.306 e. The van der Waals surface area contributed by atoms with Crippen molar-refractivity contribution in [2.75, 3.05) is 0 Å². The minimum atomic E-state index is -0.659. The van der Waals surface area contributed by atoms with E-state index in [4.69, 9.17) is 10.8 Å². The zero-order chi connectivity index (χ0) is 11.5. The molecule has 0 spiro atoms. The Hall–Kier alpha value is -1.29. The smallest absolute Gasteiger partial charge is 0.306 e. The quantitative estimate of drug-likeness (QED) is 0.730. The highest BCUT2D eigenvalue weighted by atomic mass is 16.4. The van der Waals surface area contributed by atoms with Gasteiger partial charge in [0.2, 0.25) is 0 Å². The van der Waals surface area contributed by atoms with Gasteiger partial charge in [-0.1, -0.05) is 0 Å². The highest BCUT2D eigenvalue weighted by Gasteiger charge is 2.29. The predicted octanol–water partition coefficient (Wildman–Crippen LogP) is 1.91. The molecule has 0 aromatic carbocycles. The monoisotopic (exact) mass is 222 g/mol. The highest BCUT2D eigenvalue weighted by molar-refractivity contribution is 5.70. The number of nitrogens with two attached hydrogens (primary N) is 1. The van der Waals surface area contributed by atoms with Crippen molar-refractivity contribution < 1.29 is 9.90 Å². The molecule has 1 aliphatic rings. The molecule has 2 rings (SSSR count). The van der Waals surface area contributed by atoms with Crippen LogP contribution in [0.15, 0.2) is 18.5 Å². The first-order valence-electron chi connectivity index (χ1n) is 5.79. The van der Waals surface area contributed by atoms with Crippen molar-refractivity contribution >= 4 is 5.97 Å². The van der Waals surface area contributed by atoms with E-state index in [-0.39, 0.29) is 12.0 Å². The second-order valence-electron chi connectivity index (χ2n) is 4.62. The number of carboxylic acid groups (broad SMARTS) is 1. The number of hydrogen-bond donors (Lipinski definition) is 3. The van der Waals surface area contributed by atoms with Gasteiger partial charge in [-0.3, -0.25) is 4.79 Å². The molecule has 1 fully saturated rings. The number of aromatic amines is 1. The molecule has 0 aliphatic heterocycles. The first-order chi connectivity index (χ1) is 7.68. The maximum absolute atomic E-state index is 10.8. The lowest BCUT2D eigenvalue weighted by Crippen LogP contribution is -2.28. The number of aromatic nitrogens is 1. The fourth-order valence-electron chi connectivity index (χ4n) is 2.54. The Morgan fingerprint density at radius 1 is 1.44 bits per heavy atom. The van der Waals surface area contributed by atoms with E-state index < -0.39 is 5.97 Å². The molecule has 1 aromatic heterocycles. The SMILES string of the molecule is NC(c1cc[nH]c1)C1CCC(C(=O)O)CC1. The molecule has 4 nitrogen and oxygen atoms in total. The van der Waals surface area contributed by atoms with Crippen molar-refractivity contribution in [2.24, 2.45) is 17.6 Å². The third kappa shape index (κ3) is 2.27. The normalized spacial score (nSPS) is 27.6. The molecule has 16 heavy (non-hydrogen) atoms. The number of carboxylic acids is 1. The second-order valence-corrected chi connectivity index (χ2v) is 4.62. The Morgan fingerprint density at radius 3 is 2.62 bits per heavy atom. The van der Waals surface area contributed by atoms with E-state index >= 15 is 0 Å². The fraction of sp³-hybridized carbons (Fsp3) is 0.583. The number of nitrogens with one attached hydrogen (secondary N) is 1. The molecule has 1 aliphatic carbocycles. The summed E-state index contributed by atoms with van der Waals surface area (Å²) in [6, 6.07) is 2.04. The summed E-state index contributed by atoms with van der Waals surface area (Å²) >= 11 is 0. The van der Waals surface area contributed by atoms with E-state index in [2.05, 4.69) is 4.98 Å². The van der Waals surface area contributed by atoms with Gasteiger partial charge in [-0.15, -0.1) is 0 Å². The second kappa shape index (κ2) is 4.70. The van der Waals surface area contributed by atoms with Crippen LogP contribution in [0.2, 0.25) is 0 Å². The van der Waals surface area contributed by atoms with Gasteiger partial charge in [0.25, 0.3) is 0 Å². The van der Waals surface area contributed by atoms with Crippen LogP contribution in [0.4, 0.5) is 0 Å². The topological polar surface area (TPSA) is 79.1 Å². The van der Waals surface area contributed by atoms with E-state index in [0.29, 0.717) is 5.92 Å². The molecular formula is C12H18N2O2. The van der Waals surface area contributed by atoms with Crippen LogP contribution in [-0.2, 0) is 4.79 Å². The van der Waals surface area contributed by atoms with Gasteiger partial charge in [0.05, 0.1) is 5.92 Å². The van der Waals surface area contributed by atoms with Gasteiger partial charge in [-0.05, 0) is 43.2 Å². The third-order valence-electron chi connectivity index (χ3n) is 3.64. The van der Waals surface area contributed by atoms with Gasteiger partial charge in [0, 0.05) is 18.4 Å². The van der Waals surface area contributed by atoms with Gasteiger partial charge in [-0.25, -0.2) is 0 Å². The summed E-state index contributed by atoms with van der Waals surface area (Å²) in [6.07, 6.45) is 7.16. The van der Waals surface area contributed by atoms with Crippen LogP contribution in [0, 0.1) is 11.8 Å². The molecule has 0 radical (unpaired) electrons. The largest absolute Gasteiger partial charge is 0.481 e. The van der Waals surface area contributed by atoms with Gasteiger partial charge in [0.15, 0.2) is 0 Å². The van der Waals surface area contributed by atoms with Crippen molar-refractivity contribution in [1.29, 1.82) is 0 Å². The van der Waals surface area contributed by atoms with Crippen LogP contribution >= 0.6 is 0 Å². The van der Waals surface area contributed by atoms with Gasteiger partial charge < -0.3 is 15.8 Å². The average Bonchev–Trinajstić information content (AvgIpc) is 2.81. The van der Waals surface area contributed by atoms with Crippen molar-refractivity contribution in [3.05, 3.63) is 24.0 Å².